The van der Waals surface area contributed by atoms with Crippen LogP contribution in [0.25, 0.3) is 10.8 Å². The number of hydrogen-bond donors (Lipinski definition) is 3. The fraction of sp³-hybridized carbons (Fsp3) is 0.607. The lowest BCUT2D eigenvalue weighted by molar-refractivity contribution is 0.0937. The Morgan fingerprint density at radius 1 is 0.939 bits per heavy atom. The Bertz CT molecular complexity index is 851. The summed E-state index contributed by atoms with van der Waals surface area (Å²) in [5.41, 5.74) is 2.21. The second-order valence-corrected chi connectivity index (χ2v) is 8.97. The third kappa shape index (κ3) is 8.88. The van der Waals surface area contributed by atoms with Crippen molar-refractivity contribution in [2.24, 2.45) is 0 Å². The lowest BCUT2D eigenvalue weighted by atomic mass is 9.98. The fourth-order valence-electron chi connectivity index (χ4n) is 4.32. The van der Waals surface area contributed by atoms with E-state index in [2.05, 4.69) is 17.6 Å². The first-order valence-corrected chi connectivity index (χ1v) is 12.9. The normalized spacial score (nSPS) is 11.1. The van der Waals surface area contributed by atoms with Crippen molar-refractivity contribution in [2.75, 3.05) is 32.1 Å². The van der Waals surface area contributed by atoms with Crippen molar-refractivity contribution in [3.8, 4) is 5.75 Å². The molecule has 3 N–H and O–H groups in total. The van der Waals surface area contributed by atoms with Gasteiger partial charge in [-0.15, -0.1) is 0 Å². The monoisotopic (exact) mass is 456 g/mol. The summed E-state index contributed by atoms with van der Waals surface area (Å²) in [5, 5.41) is 18.4. The minimum Gasteiger partial charge on any atom is -0.506 e. The summed E-state index contributed by atoms with van der Waals surface area (Å²) in [7, 11) is 1.85. The van der Waals surface area contributed by atoms with Gasteiger partial charge in [0, 0.05) is 43.3 Å². The molecule has 0 aliphatic carbocycles. The Morgan fingerprint density at radius 3 is 2.24 bits per heavy atom. The molecule has 2 aromatic rings. The largest absolute Gasteiger partial charge is 0.506 e. The number of ether oxygens (including phenoxy) is 1. The van der Waals surface area contributed by atoms with Crippen LogP contribution in [0.5, 0.6) is 5.75 Å². The summed E-state index contributed by atoms with van der Waals surface area (Å²) in [5.74, 6) is -0.218. The Labute approximate surface area is 200 Å². The predicted molar refractivity (Wildman–Crippen MR) is 140 cm³/mol. The molecule has 0 atom stereocenters. The van der Waals surface area contributed by atoms with E-state index in [0.717, 1.165) is 36.1 Å². The van der Waals surface area contributed by atoms with Crippen LogP contribution in [0, 0.1) is 6.92 Å². The number of carbonyl (C=O) groups excluding carboxylic acids is 1. The number of unbranched alkanes of at least 4 members (excludes halogenated alkanes) is 9. The highest BCUT2D eigenvalue weighted by molar-refractivity contribution is 6.08. The average molecular weight is 457 g/mol. The molecule has 0 bridgehead atoms. The molecular weight excluding hydrogens is 412 g/mol. The van der Waals surface area contributed by atoms with Gasteiger partial charge in [0.25, 0.3) is 5.91 Å². The van der Waals surface area contributed by atoms with Crippen LogP contribution in [0.1, 0.15) is 93.5 Å². The van der Waals surface area contributed by atoms with E-state index in [0.29, 0.717) is 24.1 Å². The number of phenolic OH excluding ortho intramolecular Hbond substituents is 1. The minimum absolute atomic E-state index is 0.0300. The lowest BCUT2D eigenvalue weighted by Gasteiger charge is -2.14. The lowest BCUT2D eigenvalue weighted by Crippen LogP contribution is -2.25. The predicted octanol–water partition coefficient (Wildman–Crippen LogP) is 6.95. The first kappa shape index (κ1) is 27.0. The smallest absolute Gasteiger partial charge is 0.255 e. The van der Waals surface area contributed by atoms with Gasteiger partial charge in [0.1, 0.15) is 5.75 Å². The maximum Gasteiger partial charge on any atom is 0.255 e. The molecule has 33 heavy (non-hydrogen) atoms. The molecule has 0 saturated heterocycles. The van der Waals surface area contributed by atoms with Gasteiger partial charge in [0.05, 0.1) is 5.56 Å². The molecule has 0 fully saturated rings. The molecule has 2 rings (SSSR count). The van der Waals surface area contributed by atoms with Gasteiger partial charge in [-0.2, -0.15) is 0 Å². The SMILES string of the molecule is CCCCCCCCCCCCOCCCNC(=O)c1cc(C)c2c(NC)cccc2c1O. The number of hydrogen-bond acceptors (Lipinski definition) is 4. The first-order chi connectivity index (χ1) is 16.1. The van der Waals surface area contributed by atoms with Crippen LogP contribution in [0.2, 0.25) is 0 Å². The molecule has 2 aromatic carbocycles. The van der Waals surface area contributed by atoms with Crippen molar-refractivity contribution < 1.29 is 14.6 Å². The average Bonchev–Trinajstić information content (AvgIpc) is 2.83. The van der Waals surface area contributed by atoms with Crippen LogP contribution >= 0.6 is 0 Å². The highest BCUT2D eigenvalue weighted by Crippen LogP contribution is 2.35. The zero-order chi connectivity index (χ0) is 23.9. The van der Waals surface area contributed by atoms with Crippen LogP contribution in [0.3, 0.4) is 0 Å². The summed E-state index contributed by atoms with van der Waals surface area (Å²) in [6, 6.07) is 7.44. The van der Waals surface area contributed by atoms with Gasteiger partial charge < -0.3 is 20.5 Å². The number of nitrogens with one attached hydrogen (secondary N) is 2. The molecule has 0 saturated carbocycles. The quantitative estimate of drug-likeness (QED) is 0.225. The fourth-order valence-corrected chi connectivity index (χ4v) is 4.32. The van der Waals surface area contributed by atoms with Crippen LogP contribution in [-0.4, -0.2) is 37.8 Å². The summed E-state index contributed by atoms with van der Waals surface area (Å²) in [4.78, 5) is 12.6. The number of benzene rings is 2. The van der Waals surface area contributed by atoms with E-state index in [1.165, 1.54) is 57.8 Å². The Balaban J connectivity index is 1.59. The number of anilines is 1. The van der Waals surface area contributed by atoms with Crippen LogP contribution in [0.4, 0.5) is 5.69 Å². The summed E-state index contributed by atoms with van der Waals surface area (Å²) < 4.78 is 5.71. The number of aromatic hydroxyl groups is 1. The standard InChI is InChI=1S/C28H44N2O3/c1-4-5-6-7-8-9-10-11-12-13-19-33-20-15-18-30-28(32)24-21-22(2)26-23(27(24)31)16-14-17-25(26)29-3/h14,16-17,21,29,31H,4-13,15,18-20H2,1-3H3,(H,30,32). The molecule has 5 nitrogen and oxygen atoms in total. The highest BCUT2D eigenvalue weighted by atomic mass is 16.5. The zero-order valence-corrected chi connectivity index (χ0v) is 21.0. The maximum atomic E-state index is 12.6. The molecule has 0 radical (unpaired) electrons. The van der Waals surface area contributed by atoms with Gasteiger partial charge >= 0.3 is 0 Å². The third-order valence-electron chi connectivity index (χ3n) is 6.24. The van der Waals surface area contributed by atoms with Crippen molar-refractivity contribution in [3.63, 3.8) is 0 Å². The molecule has 1 amide bonds. The number of phenols is 1. The third-order valence-corrected chi connectivity index (χ3v) is 6.24. The van der Waals surface area contributed by atoms with E-state index >= 15 is 0 Å². The molecule has 0 aliphatic rings. The first-order valence-electron chi connectivity index (χ1n) is 12.9. The highest BCUT2D eigenvalue weighted by Gasteiger charge is 2.17. The van der Waals surface area contributed by atoms with Crippen molar-refractivity contribution in [1.82, 2.24) is 5.32 Å². The second kappa shape index (κ2) is 15.5. The van der Waals surface area contributed by atoms with E-state index < -0.39 is 0 Å². The molecule has 5 heteroatoms. The van der Waals surface area contributed by atoms with Crippen LogP contribution in [0.15, 0.2) is 24.3 Å². The molecule has 0 spiro atoms. The van der Waals surface area contributed by atoms with E-state index in [1.807, 2.05) is 32.2 Å². The van der Waals surface area contributed by atoms with Gasteiger partial charge in [-0.1, -0.05) is 76.8 Å². The van der Waals surface area contributed by atoms with Gasteiger partial charge in [-0.05, 0) is 37.5 Å². The number of rotatable bonds is 17. The van der Waals surface area contributed by atoms with Crippen molar-refractivity contribution in [3.05, 3.63) is 35.4 Å². The number of aryl methyl sites for hydroxylation is 1. The minimum atomic E-state index is -0.248. The summed E-state index contributed by atoms with van der Waals surface area (Å²) in [6.45, 7) is 6.19. The second-order valence-electron chi connectivity index (χ2n) is 8.97. The van der Waals surface area contributed by atoms with Crippen LogP contribution in [-0.2, 0) is 4.74 Å². The number of fused-ring (bicyclic) bond motifs is 1. The molecular formula is C28H44N2O3. The Hall–Kier alpha value is -2.27. The summed E-state index contributed by atoms with van der Waals surface area (Å²) in [6.07, 6.45) is 14.0. The molecule has 0 heterocycles. The van der Waals surface area contributed by atoms with E-state index in [9.17, 15) is 9.90 Å². The number of carbonyl (C=O) groups is 1. The topological polar surface area (TPSA) is 70.6 Å². The zero-order valence-electron chi connectivity index (χ0n) is 21.0. The molecule has 0 unspecified atom stereocenters. The van der Waals surface area contributed by atoms with Crippen molar-refractivity contribution >= 4 is 22.4 Å². The van der Waals surface area contributed by atoms with E-state index in [-0.39, 0.29) is 11.7 Å². The maximum absolute atomic E-state index is 12.6. The van der Waals surface area contributed by atoms with Gasteiger partial charge in [0.15, 0.2) is 0 Å². The summed E-state index contributed by atoms with van der Waals surface area (Å²) >= 11 is 0. The van der Waals surface area contributed by atoms with E-state index in [1.54, 1.807) is 6.07 Å². The molecule has 0 aliphatic heterocycles. The van der Waals surface area contributed by atoms with Gasteiger partial charge in [-0.25, -0.2) is 0 Å². The van der Waals surface area contributed by atoms with Crippen molar-refractivity contribution in [2.45, 2.75) is 84.5 Å². The van der Waals surface area contributed by atoms with Gasteiger partial charge in [0.2, 0.25) is 0 Å². The van der Waals surface area contributed by atoms with Crippen LogP contribution < -0.4 is 10.6 Å². The molecule has 184 valence electrons. The van der Waals surface area contributed by atoms with E-state index in [4.69, 9.17) is 4.74 Å². The Morgan fingerprint density at radius 2 is 1.58 bits per heavy atom. The number of amides is 1. The van der Waals surface area contributed by atoms with Crippen molar-refractivity contribution in [1.29, 1.82) is 0 Å². The Kier molecular flexibility index (Phi) is 12.7. The molecule has 0 aromatic heterocycles. The van der Waals surface area contributed by atoms with Gasteiger partial charge in [-0.3, -0.25) is 4.79 Å².